The van der Waals surface area contributed by atoms with Crippen molar-refractivity contribution in [1.82, 2.24) is 5.32 Å². The molecule has 76 valence electrons. The van der Waals surface area contributed by atoms with Crippen molar-refractivity contribution in [2.75, 3.05) is 13.1 Å². The molecule has 2 N–H and O–H groups in total. The number of halogens is 2. The van der Waals surface area contributed by atoms with E-state index in [9.17, 15) is 8.78 Å². The van der Waals surface area contributed by atoms with E-state index in [4.69, 9.17) is 5.11 Å². The van der Waals surface area contributed by atoms with Crippen molar-refractivity contribution in [1.29, 1.82) is 0 Å². The van der Waals surface area contributed by atoms with Crippen LogP contribution in [0.25, 0.3) is 0 Å². The molecule has 1 saturated heterocycles. The van der Waals surface area contributed by atoms with Crippen LogP contribution in [0, 0.1) is 11.6 Å². The topological polar surface area (TPSA) is 32.3 Å². The van der Waals surface area contributed by atoms with Crippen molar-refractivity contribution >= 4 is 0 Å². The smallest absolute Gasteiger partial charge is 0.200 e. The Morgan fingerprint density at radius 3 is 2.71 bits per heavy atom. The molecule has 2 rings (SSSR count). The molecule has 0 aliphatic carbocycles. The van der Waals surface area contributed by atoms with Crippen LogP contribution in [0.4, 0.5) is 8.78 Å². The molecule has 1 aliphatic heterocycles. The number of benzene rings is 1. The van der Waals surface area contributed by atoms with Gasteiger partial charge in [0.05, 0.1) is 0 Å². The molecule has 4 heteroatoms. The van der Waals surface area contributed by atoms with E-state index in [2.05, 4.69) is 5.32 Å². The number of nitrogens with one attached hydrogen (secondary N) is 1. The van der Waals surface area contributed by atoms with E-state index >= 15 is 0 Å². The van der Waals surface area contributed by atoms with E-state index < -0.39 is 17.4 Å². The molecule has 0 amide bonds. The van der Waals surface area contributed by atoms with Gasteiger partial charge in [-0.3, -0.25) is 0 Å². The van der Waals surface area contributed by atoms with Gasteiger partial charge in [-0.25, -0.2) is 4.39 Å². The largest absolute Gasteiger partial charge is 0.505 e. The molecule has 1 aromatic rings. The molecule has 1 atom stereocenters. The molecular weight excluding hydrogens is 188 g/mol. The van der Waals surface area contributed by atoms with Crippen molar-refractivity contribution in [3.8, 4) is 5.75 Å². The van der Waals surface area contributed by atoms with Crippen LogP contribution >= 0.6 is 0 Å². The van der Waals surface area contributed by atoms with E-state index in [0.29, 0.717) is 12.1 Å². The molecule has 1 aliphatic rings. The average molecular weight is 199 g/mol. The van der Waals surface area contributed by atoms with Gasteiger partial charge in [-0.05, 0) is 24.6 Å². The molecule has 0 spiro atoms. The highest BCUT2D eigenvalue weighted by atomic mass is 19.2. The summed E-state index contributed by atoms with van der Waals surface area (Å²) in [6.45, 7) is 1.49. The van der Waals surface area contributed by atoms with Crippen LogP contribution in [0.5, 0.6) is 5.75 Å². The predicted octanol–water partition coefficient (Wildman–Crippen LogP) is 1.75. The van der Waals surface area contributed by atoms with Crippen LogP contribution in [0.3, 0.4) is 0 Å². The Morgan fingerprint density at radius 1 is 1.29 bits per heavy atom. The first-order chi connectivity index (χ1) is 6.70. The zero-order valence-electron chi connectivity index (χ0n) is 7.56. The normalized spacial score (nSPS) is 21.4. The summed E-state index contributed by atoms with van der Waals surface area (Å²) in [6.07, 6.45) is 0.807. The summed E-state index contributed by atoms with van der Waals surface area (Å²) in [5.74, 6) is -2.67. The quantitative estimate of drug-likeness (QED) is 0.722. The van der Waals surface area contributed by atoms with Crippen LogP contribution in [0.2, 0.25) is 0 Å². The van der Waals surface area contributed by atoms with Crippen molar-refractivity contribution in [3.63, 3.8) is 0 Å². The average Bonchev–Trinajstić information content (AvgIpc) is 2.67. The third kappa shape index (κ3) is 1.46. The Labute approximate surface area is 80.6 Å². The minimum atomic E-state index is -1.14. The lowest BCUT2D eigenvalue weighted by Gasteiger charge is -2.10. The lowest BCUT2D eigenvalue weighted by Crippen LogP contribution is -2.09. The van der Waals surface area contributed by atoms with Crippen LogP contribution in [-0.2, 0) is 0 Å². The standard InChI is InChI=1S/C10H11F2NO/c11-9-7(6-3-4-13-5-6)1-2-8(14)10(9)12/h1-2,6,13-14H,3-5H2. The van der Waals surface area contributed by atoms with Gasteiger partial charge >= 0.3 is 0 Å². The summed E-state index contributed by atoms with van der Waals surface area (Å²) >= 11 is 0. The predicted molar refractivity (Wildman–Crippen MR) is 48.3 cm³/mol. The number of hydrogen-bond donors (Lipinski definition) is 2. The Balaban J connectivity index is 2.38. The zero-order chi connectivity index (χ0) is 10.1. The minimum absolute atomic E-state index is 0.0186. The molecule has 0 radical (unpaired) electrons. The molecule has 14 heavy (non-hydrogen) atoms. The van der Waals surface area contributed by atoms with Gasteiger partial charge in [-0.1, -0.05) is 6.07 Å². The molecular formula is C10H11F2NO. The van der Waals surface area contributed by atoms with Gasteiger partial charge in [0.15, 0.2) is 11.6 Å². The highest BCUT2D eigenvalue weighted by Gasteiger charge is 2.22. The van der Waals surface area contributed by atoms with Crippen molar-refractivity contribution < 1.29 is 13.9 Å². The SMILES string of the molecule is Oc1ccc(C2CCNC2)c(F)c1F. The van der Waals surface area contributed by atoms with E-state index in [1.54, 1.807) is 0 Å². The Morgan fingerprint density at radius 2 is 2.07 bits per heavy atom. The van der Waals surface area contributed by atoms with Crippen molar-refractivity contribution in [2.24, 2.45) is 0 Å². The van der Waals surface area contributed by atoms with Gasteiger partial charge in [0, 0.05) is 12.5 Å². The van der Waals surface area contributed by atoms with Crippen LogP contribution in [-0.4, -0.2) is 18.2 Å². The van der Waals surface area contributed by atoms with E-state index in [0.717, 1.165) is 13.0 Å². The maximum absolute atomic E-state index is 13.4. The van der Waals surface area contributed by atoms with Crippen molar-refractivity contribution in [2.45, 2.75) is 12.3 Å². The maximum Gasteiger partial charge on any atom is 0.200 e. The molecule has 0 aromatic heterocycles. The van der Waals surface area contributed by atoms with Crippen LogP contribution in [0.1, 0.15) is 17.9 Å². The Bertz CT molecular complexity index is 348. The Hall–Kier alpha value is -1.16. The van der Waals surface area contributed by atoms with Gasteiger partial charge in [-0.2, -0.15) is 4.39 Å². The fourth-order valence-electron chi connectivity index (χ4n) is 1.79. The van der Waals surface area contributed by atoms with E-state index in [-0.39, 0.29) is 5.92 Å². The van der Waals surface area contributed by atoms with Gasteiger partial charge in [0.1, 0.15) is 0 Å². The second kappa shape index (κ2) is 3.53. The first kappa shape index (κ1) is 9.40. The summed E-state index contributed by atoms with van der Waals surface area (Å²) in [6, 6.07) is 2.65. The summed E-state index contributed by atoms with van der Waals surface area (Å²) in [7, 11) is 0. The number of hydrogen-bond acceptors (Lipinski definition) is 2. The first-order valence-corrected chi connectivity index (χ1v) is 4.57. The van der Waals surface area contributed by atoms with Gasteiger partial charge < -0.3 is 10.4 Å². The lowest BCUT2D eigenvalue weighted by atomic mass is 9.97. The first-order valence-electron chi connectivity index (χ1n) is 4.57. The minimum Gasteiger partial charge on any atom is -0.505 e. The summed E-state index contributed by atoms with van der Waals surface area (Å²) < 4.78 is 26.4. The summed E-state index contributed by atoms with van der Waals surface area (Å²) in [5.41, 5.74) is 0.352. The summed E-state index contributed by atoms with van der Waals surface area (Å²) in [4.78, 5) is 0. The van der Waals surface area contributed by atoms with Crippen LogP contribution < -0.4 is 5.32 Å². The molecule has 1 fully saturated rings. The number of rotatable bonds is 1. The molecule has 2 nitrogen and oxygen atoms in total. The highest BCUT2D eigenvalue weighted by molar-refractivity contribution is 5.32. The number of aromatic hydroxyl groups is 1. The second-order valence-corrected chi connectivity index (χ2v) is 3.49. The van der Waals surface area contributed by atoms with Gasteiger partial charge in [0.2, 0.25) is 5.82 Å². The Kier molecular flexibility index (Phi) is 2.37. The fourth-order valence-corrected chi connectivity index (χ4v) is 1.79. The molecule has 0 bridgehead atoms. The molecule has 1 heterocycles. The molecule has 0 saturated carbocycles. The third-order valence-electron chi connectivity index (χ3n) is 2.59. The van der Waals surface area contributed by atoms with Crippen LogP contribution in [0.15, 0.2) is 12.1 Å². The number of phenolic OH excluding ortho intramolecular Hbond substituents is 1. The van der Waals surface area contributed by atoms with E-state index in [1.165, 1.54) is 12.1 Å². The van der Waals surface area contributed by atoms with E-state index in [1.807, 2.05) is 0 Å². The number of phenols is 1. The van der Waals surface area contributed by atoms with Gasteiger partial charge in [0.25, 0.3) is 0 Å². The zero-order valence-corrected chi connectivity index (χ0v) is 7.56. The fraction of sp³-hybridized carbons (Fsp3) is 0.400. The third-order valence-corrected chi connectivity index (χ3v) is 2.59. The maximum atomic E-state index is 13.4. The second-order valence-electron chi connectivity index (χ2n) is 3.49. The monoisotopic (exact) mass is 199 g/mol. The van der Waals surface area contributed by atoms with Crippen molar-refractivity contribution in [3.05, 3.63) is 29.3 Å². The molecule has 1 aromatic carbocycles. The van der Waals surface area contributed by atoms with Gasteiger partial charge in [-0.15, -0.1) is 0 Å². The molecule has 1 unspecified atom stereocenters. The lowest BCUT2D eigenvalue weighted by molar-refractivity contribution is 0.402. The summed E-state index contributed by atoms with van der Waals surface area (Å²) in [5, 5.41) is 12.0. The highest BCUT2D eigenvalue weighted by Crippen LogP contribution is 2.29.